The predicted octanol–water partition coefficient (Wildman–Crippen LogP) is 2.45. The third-order valence-electron chi connectivity index (χ3n) is 3.02. The summed E-state index contributed by atoms with van der Waals surface area (Å²) in [5.41, 5.74) is 1.41. The molecule has 1 atom stereocenters. The Balaban J connectivity index is 2.68. The molecule has 0 saturated heterocycles. The molecule has 1 aromatic rings. The monoisotopic (exact) mass is 293 g/mol. The molecule has 1 rings (SSSR count). The number of hydrogen-bond acceptors (Lipinski definition) is 3. The largest absolute Gasteiger partial charge is 0.480 e. The lowest BCUT2D eigenvalue weighted by molar-refractivity contribution is -0.140. The minimum Gasteiger partial charge on any atom is -0.480 e. The zero-order valence-corrected chi connectivity index (χ0v) is 12.9. The number of aliphatic carboxylic acids is 1. The van der Waals surface area contributed by atoms with Gasteiger partial charge in [-0.15, -0.1) is 0 Å². The Kier molecular flexibility index (Phi) is 6.37. The third-order valence-corrected chi connectivity index (χ3v) is 3.02. The maximum atomic E-state index is 12.0. The standard InChI is InChI=1S/C16H23NO4/c1-10(2)14(16(19)20)17-15(18)13-7-5-12(6-8-13)9-21-11(3)4/h5-8,10-11,14H,9H2,1-4H3,(H,17,18)(H,19,20)/t14-/m1/s1. The molecule has 0 bridgehead atoms. The molecule has 0 saturated carbocycles. The molecule has 0 aliphatic carbocycles. The maximum Gasteiger partial charge on any atom is 0.326 e. The van der Waals surface area contributed by atoms with Crippen LogP contribution in [0.1, 0.15) is 43.6 Å². The van der Waals surface area contributed by atoms with Crippen LogP contribution in [-0.4, -0.2) is 29.1 Å². The number of carbonyl (C=O) groups is 2. The summed E-state index contributed by atoms with van der Waals surface area (Å²) in [5.74, 6) is -1.59. The molecule has 1 aromatic carbocycles. The summed E-state index contributed by atoms with van der Waals surface area (Å²) in [6.07, 6.45) is 0.148. The van der Waals surface area contributed by atoms with Crippen molar-refractivity contribution in [1.29, 1.82) is 0 Å². The summed E-state index contributed by atoms with van der Waals surface area (Å²) in [6, 6.07) is 6.08. The number of hydrogen-bond donors (Lipinski definition) is 2. The van der Waals surface area contributed by atoms with E-state index in [2.05, 4.69) is 5.32 Å². The van der Waals surface area contributed by atoms with Gasteiger partial charge in [0.05, 0.1) is 12.7 Å². The van der Waals surface area contributed by atoms with Crippen molar-refractivity contribution in [2.24, 2.45) is 5.92 Å². The first kappa shape index (κ1) is 17.2. The zero-order valence-electron chi connectivity index (χ0n) is 12.9. The molecule has 0 fully saturated rings. The van der Waals surface area contributed by atoms with Crippen molar-refractivity contribution < 1.29 is 19.4 Å². The van der Waals surface area contributed by atoms with Crippen molar-refractivity contribution in [3.63, 3.8) is 0 Å². The van der Waals surface area contributed by atoms with Crippen LogP contribution in [0.2, 0.25) is 0 Å². The first-order valence-electron chi connectivity index (χ1n) is 7.05. The van der Waals surface area contributed by atoms with Gasteiger partial charge >= 0.3 is 5.97 Å². The van der Waals surface area contributed by atoms with Gasteiger partial charge < -0.3 is 15.2 Å². The molecule has 0 aliphatic rings. The van der Waals surface area contributed by atoms with E-state index >= 15 is 0 Å². The van der Waals surface area contributed by atoms with Crippen LogP contribution in [0.4, 0.5) is 0 Å². The SMILES string of the molecule is CC(C)OCc1ccc(C(=O)N[C@@H](C(=O)O)C(C)C)cc1. The lowest BCUT2D eigenvalue weighted by atomic mass is 10.0. The van der Waals surface area contributed by atoms with Gasteiger partial charge in [-0.3, -0.25) is 4.79 Å². The van der Waals surface area contributed by atoms with E-state index in [1.165, 1.54) is 0 Å². The fourth-order valence-corrected chi connectivity index (χ4v) is 1.75. The molecule has 5 heteroatoms. The van der Waals surface area contributed by atoms with Crippen LogP contribution in [-0.2, 0) is 16.1 Å². The van der Waals surface area contributed by atoms with Gasteiger partial charge in [0, 0.05) is 5.56 Å². The van der Waals surface area contributed by atoms with Crippen molar-refractivity contribution in [3.05, 3.63) is 35.4 Å². The van der Waals surface area contributed by atoms with E-state index in [1.54, 1.807) is 26.0 Å². The number of benzene rings is 1. The van der Waals surface area contributed by atoms with Crippen molar-refractivity contribution in [2.45, 2.75) is 46.4 Å². The molecule has 0 heterocycles. The fraction of sp³-hybridized carbons (Fsp3) is 0.500. The molecule has 2 N–H and O–H groups in total. The van der Waals surface area contributed by atoms with E-state index in [0.717, 1.165) is 5.56 Å². The predicted molar refractivity (Wildman–Crippen MR) is 80.1 cm³/mol. The second-order valence-electron chi connectivity index (χ2n) is 5.59. The normalized spacial score (nSPS) is 12.5. The highest BCUT2D eigenvalue weighted by Gasteiger charge is 2.23. The Hall–Kier alpha value is -1.88. The van der Waals surface area contributed by atoms with E-state index in [4.69, 9.17) is 9.84 Å². The zero-order chi connectivity index (χ0) is 16.0. The van der Waals surface area contributed by atoms with Crippen LogP contribution in [0.25, 0.3) is 0 Å². The third kappa shape index (κ3) is 5.55. The Morgan fingerprint density at radius 1 is 1.14 bits per heavy atom. The molecule has 0 radical (unpaired) electrons. The molecule has 21 heavy (non-hydrogen) atoms. The molecule has 0 aliphatic heterocycles. The average Bonchev–Trinajstić information content (AvgIpc) is 2.42. The highest BCUT2D eigenvalue weighted by molar-refractivity contribution is 5.96. The summed E-state index contributed by atoms with van der Waals surface area (Å²) in [6.45, 7) is 7.92. The molecule has 0 aromatic heterocycles. The number of amides is 1. The Morgan fingerprint density at radius 2 is 1.71 bits per heavy atom. The maximum absolute atomic E-state index is 12.0. The summed E-state index contributed by atoms with van der Waals surface area (Å²) < 4.78 is 5.48. The topological polar surface area (TPSA) is 75.6 Å². The molecular weight excluding hydrogens is 270 g/mol. The van der Waals surface area contributed by atoms with Crippen LogP contribution < -0.4 is 5.32 Å². The first-order chi connectivity index (χ1) is 9.81. The van der Waals surface area contributed by atoms with Crippen LogP contribution in [0.15, 0.2) is 24.3 Å². The van der Waals surface area contributed by atoms with Gasteiger partial charge in [0.25, 0.3) is 5.91 Å². The number of rotatable bonds is 7. The quantitative estimate of drug-likeness (QED) is 0.809. The van der Waals surface area contributed by atoms with Gasteiger partial charge in [0.2, 0.25) is 0 Å². The second-order valence-corrected chi connectivity index (χ2v) is 5.59. The summed E-state index contributed by atoms with van der Waals surface area (Å²) >= 11 is 0. The van der Waals surface area contributed by atoms with Gasteiger partial charge in [-0.05, 0) is 37.5 Å². The highest BCUT2D eigenvalue weighted by Crippen LogP contribution is 2.09. The smallest absolute Gasteiger partial charge is 0.326 e. The van der Waals surface area contributed by atoms with Crippen molar-refractivity contribution in [2.75, 3.05) is 0 Å². The van der Waals surface area contributed by atoms with E-state index in [-0.39, 0.29) is 17.9 Å². The first-order valence-corrected chi connectivity index (χ1v) is 7.05. The number of carboxylic acid groups (broad SMARTS) is 1. The Labute approximate surface area is 125 Å². The summed E-state index contributed by atoms with van der Waals surface area (Å²) in [7, 11) is 0. The number of ether oxygens (including phenoxy) is 1. The molecule has 5 nitrogen and oxygen atoms in total. The lowest BCUT2D eigenvalue weighted by Gasteiger charge is -2.18. The van der Waals surface area contributed by atoms with Crippen molar-refractivity contribution in [3.8, 4) is 0 Å². The Morgan fingerprint density at radius 3 is 2.14 bits per heavy atom. The van der Waals surface area contributed by atoms with Gasteiger partial charge in [-0.2, -0.15) is 0 Å². The fourth-order valence-electron chi connectivity index (χ4n) is 1.75. The van der Waals surface area contributed by atoms with Gasteiger partial charge in [0.1, 0.15) is 6.04 Å². The van der Waals surface area contributed by atoms with E-state index < -0.39 is 12.0 Å². The molecule has 0 unspecified atom stereocenters. The molecular formula is C16H23NO4. The van der Waals surface area contributed by atoms with Crippen LogP contribution in [0.5, 0.6) is 0 Å². The van der Waals surface area contributed by atoms with Crippen molar-refractivity contribution in [1.82, 2.24) is 5.32 Å². The highest BCUT2D eigenvalue weighted by atomic mass is 16.5. The molecule has 0 spiro atoms. The van der Waals surface area contributed by atoms with Gasteiger partial charge in [-0.1, -0.05) is 26.0 Å². The molecule has 116 valence electrons. The van der Waals surface area contributed by atoms with E-state index in [0.29, 0.717) is 12.2 Å². The van der Waals surface area contributed by atoms with E-state index in [1.807, 2.05) is 26.0 Å². The number of carboxylic acids is 1. The van der Waals surface area contributed by atoms with Crippen LogP contribution >= 0.6 is 0 Å². The minimum atomic E-state index is -1.03. The van der Waals surface area contributed by atoms with Gasteiger partial charge in [-0.25, -0.2) is 4.79 Å². The second kappa shape index (κ2) is 7.78. The van der Waals surface area contributed by atoms with E-state index in [9.17, 15) is 9.59 Å². The molecule has 1 amide bonds. The lowest BCUT2D eigenvalue weighted by Crippen LogP contribution is -2.44. The Bertz CT molecular complexity index is 480. The minimum absolute atomic E-state index is 0.148. The summed E-state index contributed by atoms with van der Waals surface area (Å²) in [5, 5.41) is 11.6. The van der Waals surface area contributed by atoms with Gasteiger partial charge in [0.15, 0.2) is 0 Å². The summed E-state index contributed by atoms with van der Waals surface area (Å²) in [4.78, 5) is 23.1. The number of nitrogens with one attached hydrogen (secondary N) is 1. The van der Waals surface area contributed by atoms with Crippen molar-refractivity contribution >= 4 is 11.9 Å². The van der Waals surface area contributed by atoms with Crippen LogP contribution in [0.3, 0.4) is 0 Å². The van der Waals surface area contributed by atoms with Crippen LogP contribution in [0, 0.1) is 5.92 Å². The average molecular weight is 293 g/mol. The number of carbonyl (C=O) groups excluding carboxylic acids is 1.